The minimum absolute atomic E-state index is 0.0147. The number of hydrogen-bond donors (Lipinski definition) is 1. The molecule has 1 N–H and O–H groups in total. The molecule has 0 aromatic carbocycles. The Morgan fingerprint density at radius 1 is 1.33 bits per heavy atom. The van der Waals surface area contributed by atoms with Gasteiger partial charge in [-0.25, -0.2) is 4.79 Å². The van der Waals surface area contributed by atoms with E-state index in [-0.39, 0.29) is 35.2 Å². The van der Waals surface area contributed by atoms with E-state index in [1.54, 1.807) is 0 Å². The summed E-state index contributed by atoms with van der Waals surface area (Å²) in [6.07, 6.45) is 1.51. The first-order valence-corrected chi connectivity index (χ1v) is 6.84. The minimum atomic E-state index is -0.627. The summed E-state index contributed by atoms with van der Waals surface area (Å²) in [7, 11) is 0. The van der Waals surface area contributed by atoms with Gasteiger partial charge in [-0.3, -0.25) is 0 Å². The zero-order valence-corrected chi connectivity index (χ0v) is 10.9. The molecule has 1 aliphatic heterocycles. The van der Waals surface area contributed by atoms with Crippen LogP contribution in [0.5, 0.6) is 0 Å². The van der Waals surface area contributed by atoms with Gasteiger partial charge in [0, 0.05) is 17.4 Å². The molecule has 6 atom stereocenters. The number of aliphatic hydroxyl groups excluding tert-OH is 1. The van der Waals surface area contributed by atoms with E-state index in [4.69, 9.17) is 16.3 Å². The summed E-state index contributed by atoms with van der Waals surface area (Å²) in [6.45, 7) is 7.94. The zero-order chi connectivity index (χ0) is 13.0. The highest BCUT2D eigenvalue weighted by atomic mass is 35.5. The number of hydrogen-bond acceptors (Lipinski definition) is 3. The third-order valence-electron chi connectivity index (χ3n) is 4.74. The summed E-state index contributed by atoms with van der Waals surface area (Å²) in [5.41, 5.74) is 1.67. The first-order chi connectivity index (χ1) is 8.50. The fraction of sp³-hybridized carbons (Fsp3) is 0.643. The van der Waals surface area contributed by atoms with Crippen molar-refractivity contribution in [3.8, 4) is 0 Å². The average molecular weight is 269 g/mol. The molecule has 2 saturated carbocycles. The number of carbonyl (C=O) groups excluding carboxylic acids is 1. The van der Waals surface area contributed by atoms with Crippen LogP contribution in [0.1, 0.15) is 19.3 Å². The first kappa shape index (κ1) is 12.2. The third-order valence-corrected chi connectivity index (χ3v) is 5.17. The number of fused-ring (bicyclic) bond motifs is 3. The van der Waals surface area contributed by atoms with Gasteiger partial charge in [0.2, 0.25) is 0 Å². The van der Waals surface area contributed by atoms with E-state index in [9.17, 15) is 9.90 Å². The molecule has 1 heterocycles. The Labute approximate surface area is 111 Å². The van der Waals surface area contributed by atoms with Crippen LogP contribution in [0.15, 0.2) is 24.3 Å². The van der Waals surface area contributed by atoms with Crippen molar-refractivity contribution in [1.82, 2.24) is 0 Å². The molecule has 1 saturated heterocycles. The Balaban J connectivity index is 1.98. The number of carbonyl (C=O) groups is 1. The Hall–Kier alpha value is -0.800. The van der Waals surface area contributed by atoms with Gasteiger partial charge in [-0.05, 0) is 25.2 Å². The molecular weight excluding hydrogens is 252 g/mol. The molecule has 98 valence electrons. The molecule has 18 heavy (non-hydrogen) atoms. The molecule has 0 unspecified atom stereocenters. The fourth-order valence-electron chi connectivity index (χ4n) is 3.72. The zero-order valence-electron chi connectivity index (χ0n) is 10.1. The van der Waals surface area contributed by atoms with Gasteiger partial charge in [0.05, 0.1) is 11.5 Å². The van der Waals surface area contributed by atoms with Crippen LogP contribution in [0.25, 0.3) is 0 Å². The third kappa shape index (κ3) is 1.57. The van der Waals surface area contributed by atoms with E-state index < -0.39 is 6.10 Å². The van der Waals surface area contributed by atoms with Crippen molar-refractivity contribution in [3.63, 3.8) is 0 Å². The van der Waals surface area contributed by atoms with E-state index >= 15 is 0 Å². The van der Waals surface area contributed by atoms with Gasteiger partial charge in [0.25, 0.3) is 0 Å². The van der Waals surface area contributed by atoms with Gasteiger partial charge in [-0.2, -0.15) is 0 Å². The topological polar surface area (TPSA) is 46.5 Å². The van der Waals surface area contributed by atoms with Crippen LogP contribution in [0.2, 0.25) is 0 Å². The largest absolute Gasteiger partial charge is 0.458 e. The van der Waals surface area contributed by atoms with Gasteiger partial charge >= 0.3 is 5.97 Å². The summed E-state index contributed by atoms with van der Waals surface area (Å²) in [6, 6.07) is 0. The molecule has 3 rings (SSSR count). The molecule has 0 amide bonds. The lowest BCUT2D eigenvalue weighted by Gasteiger charge is -2.27. The van der Waals surface area contributed by atoms with E-state index in [0.29, 0.717) is 5.57 Å². The Morgan fingerprint density at radius 3 is 2.78 bits per heavy atom. The molecule has 4 heteroatoms. The highest BCUT2D eigenvalue weighted by Gasteiger charge is 2.55. The lowest BCUT2D eigenvalue weighted by molar-refractivity contribution is -0.143. The van der Waals surface area contributed by atoms with Crippen molar-refractivity contribution in [2.75, 3.05) is 0 Å². The van der Waals surface area contributed by atoms with Crippen LogP contribution in [-0.4, -0.2) is 28.7 Å². The standard InChI is InChI=1S/C14H17ClO3/c1-6-3-4-8-7(2)14(17)18-13(8)11-9(6)5-10(15)12(11)16/h8-13,16H,1-5H2/t8-,9-,10-,11+,12+,13-/m0/s1. The smallest absolute Gasteiger partial charge is 0.334 e. The van der Waals surface area contributed by atoms with Crippen molar-refractivity contribution in [2.24, 2.45) is 17.8 Å². The summed E-state index contributed by atoms with van der Waals surface area (Å²) >= 11 is 6.17. The van der Waals surface area contributed by atoms with Crippen LogP contribution in [0, 0.1) is 17.8 Å². The van der Waals surface area contributed by atoms with Crippen molar-refractivity contribution >= 4 is 17.6 Å². The summed E-state index contributed by atoms with van der Waals surface area (Å²) < 4.78 is 5.44. The number of alkyl halides is 1. The number of rotatable bonds is 0. The Bertz CT molecular complexity index is 431. The highest BCUT2D eigenvalue weighted by molar-refractivity contribution is 6.21. The number of halogens is 1. The minimum Gasteiger partial charge on any atom is -0.458 e. The van der Waals surface area contributed by atoms with Crippen molar-refractivity contribution in [3.05, 3.63) is 24.3 Å². The second-order valence-corrected chi connectivity index (χ2v) is 6.19. The van der Waals surface area contributed by atoms with Crippen LogP contribution in [0.3, 0.4) is 0 Å². The molecule has 0 spiro atoms. The maximum atomic E-state index is 11.7. The Morgan fingerprint density at radius 2 is 2.06 bits per heavy atom. The van der Waals surface area contributed by atoms with Crippen LogP contribution < -0.4 is 0 Å². The van der Waals surface area contributed by atoms with Crippen LogP contribution in [0.4, 0.5) is 0 Å². The molecule has 3 fully saturated rings. The van der Waals surface area contributed by atoms with E-state index in [0.717, 1.165) is 24.8 Å². The second kappa shape index (κ2) is 4.10. The number of aliphatic hydroxyl groups is 1. The van der Waals surface area contributed by atoms with E-state index in [1.807, 2.05) is 0 Å². The number of allylic oxidation sites excluding steroid dienone is 1. The molecular formula is C14H17ClO3. The van der Waals surface area contributed by atoms with Gasteiger partial charge in [0.15, 0.2) is 0 Å². The lowest BCUT2D eigenvalue weighted by Crippen LogP contribution is -2.36. The molecule has 0 aromatic heterocycles. The van der Waals surface area contributed by atoms with Gasteiger partial charge in [-0.15, -0.1) is 11.6 Å². The number of esters is 1. The molecule has 0 bridgehead atoms. The average Bonchev–Trinajstić information content (AvgIpc) is 2.72. The quantitative estimate of drug-likeness (QED) is 0.317. The maximum absolute atomic E-state index is 11.7. The fourth-order valence-corrected chi connectivity index (χ4v) is 4.08. The number of ether oxygens (including phenoxy) is 1. The molecule has 3 aliphatic rings. The highest BCUT2D eigenvalue weighted by Crippen LogP contribution is 2.51. The molecule has 0 aromatic rings. The van der Waals surface area contributed by atoms with Gasteiger partial charge < -0.3 is 9.84 Å². The summed E-state index contributed by atoms with van der Waals surface area (Å²) in [5.74, 6) is -0.255. The van der Waals surface area contributed by atoms with Gasteiger partial charge in [-0.1, -0.05) is 18.7 Å². The van der Waals surface area contributed by atoms with E-state index in [2.05, 4.69) is 13.2 Å². The van der Waals surface area contributed by atoms with Crippen molar-refractivity contribution in [2.45, 2.75) is 36.8 Å². The molecule has 2 aliphatic carbocycles. The van der Waals surface area contributed by atoms with Gasteiger partial charge in [0.1, 0.15) is 6.10 Å². The second-order valence-electron chi connectivity index (χ2n) is 5.62. The van der Waals surface area contributed by atoms with Crippen LogP contribution >= 0.6 is 11.6 Å². The first-order valence-electron chi connectivity index (χ1n) is 6.40. The predicted molar refractivity (Wildman–Crippen MR) is 68.1 cm³/mol. The SMILES string of the molecule is C=C1C(=O)O[C@@H]2[C@H]3[C@H](O)[C@@H](Cl)C[C@H]3C(=C)CC[C@@H]12. The Kier molecular flexibility index (Phi) is 2.79. The summed E-state index contributed by atoms with van der Waals surface area (Å²) in [5, 5.41) is 9.99. The normalized spacial score (nSPS) is 47.6. The lowest BCUT2D eigenvalue weighted by atomic mass is 9.82. The predicted octanol–water partition coefficient (Wildman–Crippen LogP) is 2.04. The molecule has 0 radical (unpaired) electrons. The summed E-state index contributed by atoms with van der Waals surface area (Å²) in [4.78, 5) is 11.7. The molecule has 3 nitrogen and oxygen atoms in total. The maximum Gasteiger partial charge on any atom is 0.334 e. The van der Waals surface area contributed by atoms with Crippen molar-refractivity contribution < 1.29 is 14.6 Å². The van der Waals surface area contributed by atoms with Crippen molar-refractivity contribution in [1.29, 1.82) is 0 Å². The van der Waals surface area contributed by atoms with E-state index in [1.165, 1.54) is 0 Å². The monoisotopic (exact) mass is 268 g/mol. The van der Waals surface area contributed by atoms with Crippen LogP contribution in [-0.2, 0) is 9.53 Å².